The summed E-state index contributed by atoms with van der Waals surface area (Å²) in [5.74, 6) is 0.621. The monoisotopic (exact) mass is 341 g/mol. The fourth-order valence-corrected chi connectivity index (χ4v) is 3.79. The summed E-state index contributed by atoms with van der Waals surface area (Å²) in [4.78, 5) is 25.4. The summed E-state index contributed by atoms with van der Waals surface area (Å²) in [5.41, 5.74) is 1.68. The highest BCUT2D eigenvalue weighted by molar-refractivity contribution is 5.84. The van der Waals surface area contributed by atoms with Crippen LogP contribution in [0.1, 0.15) is 56.3 Å². The Kier molecular flexibility index (Phi) is 5.51. The minimum absolute atomic E-state index is 0.0842. The lowest BCUT2D eigenvalue weighted by Crippen LogP contribution is -2.31. The number of Topliss-reactive ketones (excluding diaryl/α,β-unsaturated/α-hetero) is 1. The lowest BCUT2D eigenvalue weighted by atomic mass is 9.93. The first-order chi connectivity index (χ1) is 12.1. The van der Waals surface area contributed by atoms with E-state index in [4.69, 9.17) is 0 Å². The maximum absolute atomic E-state index is 13.1. The molecule has 0 aliphatic heterocycles. The average molecular weight is 341 g/mol. The SMILES string of the molecule is CCn1ccc(CC(=O)[C@H](CC2CCCC2)n2cc(C)ccc2=O)n1. The normalized spacial score (nSPS) is 16.2. The van der Waals surface area contributed by atoms with Crippen LogP contribution in [0.3, 0.4) is 0 Å². The fraction of sp³-hybridized carbons (Fsp3) is 0.550. The van der Waals surface area contributed by atoms with Crippen molar-refractivity contribution in [2.24, 2.45) is 5.92 Å². The molecule has 0 bridgehead atoms. The summed E-state index contributed by atoms with van der Waals surface area (Å²) in [7, 11) is 0. The third kappa shape index (κ3) is 4.27. The zero-order valence-corrected chi connectivity index (χ0v) is 15.1. The minimum Gasteiger partial charge on any atom is -0.305 e. The van der Waals surface area contributed by atoms with Crippen molar-refractivity contribution in [2.45, 2.75) is 65.0 Å². The zero-order chi connectivity index (χ0) is 17.8. The second kappa shape index (κ2) is 7.81. The summed E-state index contributed by atoms with van der Waals surface area (Å²) < 4.78 is 3.47. The van der Waals surface area contributed by atoms with Crippen LogP contribution in [0.15, 0.2) is 35.4 Å². The Morgan fingerprint density at radius 1 is 1.28 bits per heavy atom. The van der Waals surface area contributed by atoms with Crippen molar-refractivity contribution in [2.75, 3.05) is 0 Å². The first kappa shape index (κ1) is 17.6. The average Bonchev–Trinajstić information content (AvgIpc) is 3.26. The van der Waals surface area contributed by atoms with Crippen LogP contribution in [0.4, 0.5) is 0 Å². The van der Waals surface area contributed by atoms with E-state index in [1.54, 1.807) is 16.7 Å². The maximum atomic E-state index is 13.1. The summed E-state index contributed by atoms with van der Waals surface area (Å²) in [5, 5.41) is 4.43. The molecule has 5 heteroatoms. The van der Waals surface area contributed by atoms with E-state index in [-0.39, 0.29) is 23.8 Å². The molecule has 1 atom stereocenters. The van der Waals surface area contributed by atoms with E-state index in [0.717, 1.165) is 37.1 Å². The number of ketones is 1. The molecule has 0 N–H and O–H groups in total. The van der Waals surface area contributed by atoms with Gasteiger partial charge in [0.15, 0.2) is 5.78 Å². The first-order valence-electron chi connectivity index (χ1n) is 9.30. The van der Waals surface area contributed by atoms with Crippen molar-refractivity contribution in [3.63, 3.8) is 0 Å². The highest BCUT2D eigenvalue weighted by Gasteiger charge is 2.27. The molecular weight excluding hydrogens is 314 g/mol. The second-order valence-corrected chi connectivity index (χ2v) is 7.16. The predicted molar refractivity (Wildman–Crippen MR) is 97.7 cm³/mol. The number of aryl methyl sites for hydroxylation is 2. The third-order valence-electron chi connectivity index (χ3n) is 5.20. The number of hydrogen-bond acceptors (Lipinski definition) is 3. The molecule has 25 heavy (non-hydrogen) atoms. The van der Waals surface area contributed by atoms with Crippen LogP contribution < -0.4 is 5.56 Å². The Balaban J connectivity index is 1.85. The van der Waals surface area contributed by atoms with Gasteiger partial charge >= 0.3 is 0 Å². The molecule has 0 amide bonds. The van der Waals surface area contributed by atoms with Gasteiger partial charge in [-0.3, -0.25) is 14.3 Å². The summed E-state index contributed by atoms with van der Waals surface area (Å²) >= 11 is 0. The molecule has 1 aliphatic carbocycles. The minimum atomic E-state index is -0.387. The molecule has 0 saturated heterocycles. The molecule has 3 rings (SSSR count). The first-order valence-corrected chi connectivity index (χ1v) is 9.30. The molecule has 2 aromatic heterocycles. The molecular formula is C20H27N3O2. The van der Waals surface area contributed by atoms with Gasteiger partial charge in [-0.05, 0) is 37.8 Å². The van der Waals surface area contributed by atoms with E-state index in [1.807, 2.05) is 37.0 Å². The lowest BCUT2D eigenvalue weighted by Gasteiger charge is -2.22. The van der Waals surface area contributed by atoms with E-state index in [1.165, 1.54) is 12.8 Å². The van der Waals surface area contributed by atoms with Gasteiger partial charge in [0.2, 0.25) is 0 Å². The van der Waals surface area contributed by atoms with Crippen molar-refractivity contribution in [3.05, 3.63) is 52.2 Å². The van der Waals surface area contributed by atoms with Crippen molar-refractivity contribution in [1.82, 2.24) is 14.3 Å². The van der Waals surface area contributed by atoms with Crippen LogP contribution in [0.5, 0.6) is 0 Å². The number of carbonyl (C=O) groups excluding carboxylic acids is 1. The fourth-order valence-electron chi connectivity index (χ4n) is 3.79. The van der Waals surface area contributed by atoms with Crippen molar-refractivity contribution in [1.29, 1.82) is 0 Å². The summed E-state index contributed by atoms with van der Waals surface area (Å²) in [6, 6.07) is 4.88. The number of rotatable bonds is 7. The zero-order valence-electron chi connectivity index (χ0n) is 15.1. The molecule has 0 aromatic carbocycles. The van der Waals surface area contributed by atoms with Crippen molar-refractivity contribution in [3.8, 4) is 0 Å². The topological polar surface area (TPSA) is 56.9 Å². The lowest BCUT2D eigenvalue weighted by molar-refractivity contribution is -0.122. The van der Waals surface area contributed by atoms with E-state index in [0.29, 0.717) is 5.92 Å². The molecule has 0 unspecified atom stereocenters. The van der Waals surface area contributed by atoms with Gasteiger partial charge in [-0.1, -0.05) is 31.7 Å². The highest BCUT2D eigenvalue weighted by Crippen LogP contribution is 2.32. The predicted octanol–water partition coefficient (Wildman–Crippen LogP) is 3.31. The molecule has 1 aliphatic rings. The van der Waals surface area contributed by atoms with Crippen LogP contribution in [0.25, 0.3) is 0 Å². The Bertz CT molecular complexity index is 784. The second-order valence-electron chi connectivity index (χ2n) is 7.16. The summed E-state index contributed by atoms with van der Waals surface area (Å²) in [6.07, 6.45) is 9.55. The molecule has 0 radical (unpaired) electrons. The van der Waals surface area contributed by atoms with Crippen LogP contribution >= 0.6 is 0 Å². The van der Waals surface area contributed by atoms with Gasteiger partial charge in [-0.15, -0.1) is 0 Å². The molecule has 134 valence electrons. The molecule has 2 aromatic rings. The number of carbonyl (C=O) groups is 1. The van der Waals surface area contributed by atoms with Gasteiger partial charge in [0, 0.05) is 25.0 Å². The van der Waals surface area contributed by atoms with E-state index in [2.05, 4.69) is 5.10 Å². The smallest absolute Gasteiger partial charge is 0.251 e. The van der Waals surface area contributed by atoms with Gasteiger partial charge in [0.1, 0.15) is 0 Å². The maximum Gasteiger partial charge on any atom is 0.251 e. The number of aromatic nitrogens is 3. The van der Waals surface area contributed by atoms with E-state index < -0.39 is 0 Å². The van der Waals surface area contributed by atoms with Gasteiger partial charge in [-0.25, -0.2) is 0 Å². The molecule has 5 nitrogen and oxygen atoms in total. The molecule has 0 spiro atoms. The molecule has 1 fully saturated rings. The third-order valence-corrected chi connectivity index (χ3v) is 5.20. The van der Waals surface area contributed by atoms with E-state index >= 15 is 0 Å². The van der Waals surface area contributed by atoms with Gasteiger partial charge in [0.25, 0.3) is 5.56 Å². The van der Waals surface area contributed by atoms with Gasteiger partial charge in [-0.2, -0.15) is 5.10 Å². The van der Waals surface area contributed by atoms with Crippen molar-refractivity contribution >= 4 is 5.78 Å². The number of hydrogen-bond donors (Lipinski definition) is 0. The van der Waals surface area contributed by atoms with E-state index in [9.17, 15) is 9.59 Å². The largest absolute Gasteiger partial charge is 0.305 e. The molecule has 2 heterocycles. The molecule has 1 saturated carbocycles. The van der Waals surface area contributed by atoms with Gasteiger partial charge < -0.3 is 4.57 Å². The van der Waals surface area contributed by atoms with Crippen LogP contribution in [-0.2, 0) is 17.8 Å². The van der Waals surface area contributed by atoms with Crippen LogP contribution in [0.2, 0.25) is 0 Å². The van der Waals surface area contributed by atoms with Crippen LogP contribution in [0, 0.1) is 12.8 Å². The van der Waals surface area contributed by atoms with Crippen molar-refractivity contribution < 1.29 is 4.79 Å². The Morgan fingerprint density at radius 3 is 2.72 bits per heavy atom. The summed E-state index contributed by atoms with van der Waals surface area (Å²) in [6.45, 7) is 4.76. The Labute approximate surface area is 148 Å². The Hall–Kier alpha value is -2.17. The standard InChI is InChI=1S/C20H27N3O2/c1-3-22-11-10-17(21-22)13-19(24)18(12-16-6-4-5-7-16)23-14-15(2)8-9-20(23)25/h8-11,14,16,18H,3-7,12-13H2,1-2H3/t18-/m0/s1. The number of pyridine rings is 1. The highest BCUT2D eigenvalue weighted by atomic mass is 16.1. The quantitative estimate of drug-likeness (QED) is 0.776. The number of nitrogens with zero attached hydrogens (tertiary/aromatic N) is 3. The van der Waals surface area contributed by atoms with Gasteiger partial charge in [0.05, 0.1) is 18.2 Å². The van der Waals surface area contributed by atoms with Crippen LogP contribution in [-0.4, -0.2) is 20.1 Å². The Morgan fingerprint density at radius 2 is 2.04 bits per heavy atom.